The molecule has 0 atom stereocenters. The number of para-hydroxylation sites is 1. The highest BCUT2D eigenvalue weighted by Gasteiger charge is 2.17. The summed E-state index contributed by atoms with van der Waals surface area (Å²) in [7, 11) is 3.60. The minimum absolute atomic E-state index is 0.379. The van der Waals surface area contributed by atoms with Crippen LogP contribution in [0.2, 0.25) is 5.02 Å². The highest BCUT2D eigenvalue weighted by molar-refractivity contribution is 6.33. The summed E-state index contributed by atoms with van der Waals surface area (Å²) in [6, 6.07) is 11.7. The Balaban J connectivity index is 1.32. The first-order chi connectivity index (χ1) is 18.0. The third-order valence-corrected chi connectivity index (χ3v) is 6.73. The number of benzene rings is 2. The average molecular weight is 523 g/mol. The molecule has 1 aliphatic rings. The van der Waals surface area contributed by atoms with E-state index in [4.69, 9.17) is 36.5 Å². The number of nitrogens with zero attached hydrogens (tertiary/aromatic N) is 4. The molecule has 0 saturated carbocycles. The van der Waals surface area contributed by atoms with E-state index in [9.17, 15) is 0 Å². The molecule has 3 heterocycles. The molecule has 37 heavy (non-hydrogen) atoms. The van der Waals surface area contributed by atoms with Gasteiger partial charge in [0.15, 0.2) is 0 Å². The van der Waals surface area contributed by atoms with Crippen LogP contribution in [-0.4, -0.2) is 66.0 Å². The molecule has 0 unspecified atom stereocenters. The minimum atomic E-state index is 0.379. The number of aromatic nitrogens is 3. The number of rotatable bonds is 9. The molecule has 0 bridgehead atoms. The molecule has 1 aliphatic heterocycles. The Hall–Kier alpha value is -3.53. The molecule has 2 aromatic carbocycles. The van der Waals surface area contributed by atoms with Gasteiger partial charge >= 0.3 is 0 Å². The lowest BCUT2D eigenvalue weighted by atomic mass is 10.1. The molecule has 0 amide bonds. The standard InChI is InChI=1S/C27H31ClN6O3/c1-33-17-19(18-6-3-4-7-23(18)33)26-20(28)16-30-27(32-26)31-22-14-21(29)24(15-25(22)35-2)37-11-5-8-34-9-12-36-13-10-34/h3-4,6-7,14-17H,5,8-13,29H2,1-2H3,(H,30,31,32). The number of fused-ring (bicyclic) bond motifs is 1. The summed E-state index contributed by atoms with van der Waals surface area (Å²) in [5.41, 5.74) is 10.1. The van der Waals surface area contributed by atoms with E-state index in [-0.39, 0.29) is 0 Å². The van der Waals surface area contributed by atoms with Crippen molar-refractivity contribution in [3.63, 3.8) is 0 Å². The van der Waals surface area contributed by atoms with Crippen molar-refractivity contribution < 1.29 is 14.2 Å². The number of nitrogens with two attached hydrogens (primary N) is 1. The number of morpholine rings is 1. The van der Waals surface area contributed by atoms with Gasteiger partial charge in [-0.1, -0.05) is 29.8 Å². The van der Waals surface area contributed by atoms with Crippen LogP contribution < -0.4 is 20.5 Å². The number of anilines is 3. The molecule has 194 valence electrons. The van der Waals surface area contributed by atoms with Crippen molar-refractivity contribution in [3.8, 4) is 22.8 Å². The zero-order chi connectivity index (χ0) is 25.8. The molecule has 9 nitrogen and oxygen atoms in total. The molecule has 0 radical (unpaired) electrons. The predicted molar refractivity (Wildman–Crippen MR) is 147 cm³/mol. The minimum Gasteiger partial charge on any atom is -0.494 e. The van der Waals surface area contributed by atoms with E-state index >= 15 is 0 Å². The Kier molecular flexibility index (Phi) is 7.64. The summed E-state index contributed by atoms with van der Waals surface area (Å²) in [5, 5.41) is 4.76. The first kappa shape index (κ1) is 25.1. The molecule has 0 spiro atoms. The normalized spacial score (nSPS) is 14.1. The summed E-state index contributed by atoms with van der Waals surface area (Å²) in [4.78, 5) is 11.5. The Morgan fingerprint density at radius 2 is 1.97 bits per heavy atom. The van der Waals surface area contributed by atoms with Gasteiger partial charge in [-0.3, -0.25) is 4.90 Å². The number of halogens is 1. The van der Waals surface area contributed by atoms with E-state index in [1.165, 1.54) is 0 Å². The molecular weight excluding hydrogens is 492 g/mol. The van der Waals surface area contributed by atoms with E-state index in [2.05, 4.69) is 31.9 Å². The fraction of sp³-hybridized carbons (Fsp3) is 0.333. The number of hydrogen-bond donors (Lipinski definition) is 2. The van der Waals surface area contributed by atoms with Crippen LogP contribution in [0.4, 0.5) is 17.3 Å². The number of nitrogens with one attached hydrogen (secondary N) is 1. The molecule has 1 fully saturated rings. The van der Waals surface area contributed by atoms with Crippen LogP contribution in [-0.2, 0) is 11.8 Å². The number of nitrogen functional groups attached to an aromatic ring is 1. The molecule has 5 rings (SSSR count). The number of ether oxygens (including phenoxy) is 3. The third-order valence-electron chi connectivity index (χ3n) is 6.45. The highest BCUT2D eigenvalue weighted by atomic mass is 35.5. The van der Waals surface area contributed by atoms with Gasteiger partial charge in [-0.15, -0.1) is 0 Å². The van der Waals surface area contributed by atoms with Gasteiger partial charge in [-0.25, -0.2) is 9.97 Å². The van der Waals surface area contributed by atoms with E-state index in [1.807, 2.05) is 25.4 Å². The Morgan fingerprint density at radius 3 is 2.78 bits per heavy atom. The summed E-state index contributed by atoms with van der Waals surface area (Å²) in [5.74, 6) is 1.53. The first-order valence-corrected chi connectivity index (χ1v) is 12.7. The maximum absolute atomic E-state index is 6.53. The van der Waals surface area contributed by atoms with Crippen LogP contribution in [0.25, 0.3) is 22.2 Å². The molecular formula is C27H31ClN6O3. The number of aryl methyl sites for hydroxylation is 1. The van der Waals surface area contributed by atoms with E-state index < -0.39 is 0 Å². The van der Waals surface area contributed by atoms with Gasteiger partial charge in [0.05, 0.1) is 55.2 Å². The van der Waals surface area contributed by atoms with Gasteiger partial charge < -0.3 is 29.8 Å². The molecule has 3 N–H and O–H groups in total. The number of methoxy groups -OCH3 is 1. The van der Waals surface area contributed by atoms with Gasteiger partial charge in [0.25, 0.3) is 0 Å². The van der Waals surface area contributed by atoms with Crippen molar-refractivity contribution >= 4 is 39.8 Å². The van der Waals surface area contributed by atoms with Gasteiger partial charge in [-0.05, 0) is 18.6 Å². The Labute approximate surface area is 221 Å². The third kappa shape index (κ3) is 5.58. The van der Waals surface area contributed by atoms with Crippen LogP contribution in [0, 0.1) is 0 Å². The van der Waals surface area contributed by atoms with Crippen molar-refractivity contribution in [2.24, 2.45) is 7.05 Å². The Bertz CT molecular complexity index is 1390. The van der Waals surface area contributed by atoms with Gasteiger partial charge in [0, 0.05) is 55.4 Å². The fourth-order valence-electron chi connectivity index (χ4n) is 4.53. The van der Waals surface area contributed by atoms with E-state index in [0.717, 1.165) is 55.7 Å². The second-order valence-corrected chi connectivity index (χ2v) is 9.34. The molecule has 0 aliphatic carbocycles. The molecule has 1 saturated heterocycles. The summed E-state index contributed by atoms with van der Waals surface area (Å²) in [6.45, 7) is 5.04. The van der Waals surface area contributed by atoms with Crippen LogP contribution >= 0.6 is 11.6 Å². The fourth-order valence-corrected chi connectivity index (χ4v) is 4.72. The summed E-state index contributed by atoms with van der Waals surface area (Å²) in [6.07, 6.45) is 4.51. The van der Waals surface area contributed by atoms with Crippen LogP contribution in [0.1, 0.15) is 6.42 Å². The van der Waals surface area contributed by atoms with Crippen molar-refractivity contribution in [1.29, 1.82) is 0 Å². The Morgan fingerprint density at radius 1 is 1.16 bits per heavy atom. The van der Waals surface area contributed by atoms with Crippen LogP contribution in [0.15, 0.2) is 48.8 Å². The lowest BCUT2D eigenvalue weighted by Crippen LogP contribution is -2.37. The first-order valence-electron chi connectivity index (χ1n) is 12.3. The van der Waals surface area contributed by atoms with Gasteiger partial charge in [0.2, 0.25) is 5.95 Å². The quantitative estimate of drug-likeness (QED) is 0.240. The highest BCUT2D eigenvalue weighted by Crippen LogP contribution is 2.37. The van der Waals surface area contributed by atoms with E-state index in [1.54, 1.807) is 25.4 Å². The molecule has 2 aromatic heterocycles. The van der Waals surface area contributed by atoms with Crippen molar-refractivity contribution in [2.75, 3.05) is 57.6 Å². The molecule has 4 aromatic rings. The van der Waals surface area contributed by atoms with Gasteiger partial charge in [-0.2, -0.15) is 0 Å². The monoisotopic (exact) mass is 522 g/mol. The van der Waals surface area contributed by atoms with Crippen LogP contribution in [0.3, 0.4) is 0 Å². The zero-order valence-electron chi connectivity index (χ0n) is 21.0. The van der Waals surface area contributed by atoms with Crippen LogP contribution in [0.5, 0.6) is 11.5 Å². The largest absolute Gasteiger partial charge is 0.494 e. The lowest BCUT2D eigenvalue weighted by molar-refractivity contribution is 0.0358. The van der Waals surface area contributed by atoms with Crippen molar-refractivity contribution in [1.82, 2.24) is 19.4 Å². The van der Waals surface area contributed by atoms with Gasteiger partial charge in [0.1, 0.15) is 11.5 Å². The topological polar surface area (TPSA) is 99.7 Å². The number of hydrogen-bond acceptors (Lipinski definition) is 8. The smallest absolute Gasteiger partial charge is 0.227 e. The zero-order valence-corrected chi connectivity index (χ0v) is 21.8. The lowest BCUT2D eigenvalue weighted by Gasteiger charge is -2.26. The SMILES string of the molecule is COc1cc(OCCCN2CCOCC2)c(N)cc1Nc1ncc(Cl)c(-c2cn(C)c3ccccc23)n1. The predicted octanol–water partition coefficient (Wildman–Crippen LogP) is 4.72. The summed E-state index contributed by atoms with van der Waals surface area (Å²) < 4.78 is 19.0. The maximum Gasteiger partial charge on any atom is 0.227 e. The second kappa shape index (κ2) is 11.2. The van der Waals surface area contributed by atoms with Crippen molar-refractivity contribution in [2.45, 2.75) is 6.42 Å². The average Bonchev–Trinajstić information content (AvgIpc) is 3.25. The summed E-state index contributed by atoms with van der Waals surface area (Å²) >= 11 is 6.53. The maximum atomic E-state index is 6.53. The second-order valence-electron chi connectivity index (χ2n) is 8.93. The van der Waals surface area contributed by atoms with Crippen molar-refractivity contribution in [3.05, 3.63) is 53.8 Å². The molecule has 10 heteroatoms. The van der Waals surface area contributed by atoms with E-state index in [0.29, 0.717) is 46.1 Å².